The molecule has 7 heteroatoms. The lowest BCUT2D eigenvalue weighted by molar-refractivity contribution is -0.116. The summed E-state index contributed by atoms with van der Waals surface area (Å²) in [5.41, 5.74) is 4.81. The van der Waals surface area contributed by atoms with Crippen molar-refractivity contribution in [2.45, 2.75) is 39.7 Å². The summed E-state index contributed by atoms with van der Waals surface area (Å²) in [6.07, 6.45) is 6.22. The molecule has 2 aromatic rings. The number of rotatable bonds is 7. The zero-order valence-electron chi connectivity index (χ0n) is 17.9. The highest BCUT2D eigenvalue weighted by atomic mass is 16.2. The summed E-state index contributed by atoms with van der Waals surface area (Å²) in [6.45, 7) is 6.50. The summed E-state index contributed by atoms with van der Waals surface area (Å²) in [4.78, 5) is 34.6. The van der Waals surface area contributed by atoms with Crippen molar-refractivity contribution in [3.8, 4) is 0 Å². The Morgan fingerprint density at radius 3 is 2.73 bits per heavy atom. The van der Waals surface area contributed by atoms with E-state index in [1.165, 1.54) is 5.57 Å². The molecule has 0 aliphatic carbocycles. The van der Waals surface area contributed by atoms with E-state index >= 15 is 0 Å². The SMILES string of the molecule is CCCC(=O)Nc1cc(CN2CC=C(c3ccc(C(=O)NC)nc3C)CC2)ccn1. The molecule has 0 atom stereocenters. The number of amides is 2. The predicted octanol–water partition coefficient (Wildman–Crippen LogP) is 3.17. The maximum absolute atomic E-state index is 11.8. The Labute approximate surface area is 177 Å². The molecule has 0 fully saturated rings. The standard InChI is InChI=1S/C23H29N5O2/c1-4-5-22(29)27-21-14-17(8-11-25-21)15-28-12-9-18(10-13-28)19-6-7-20(23(30)24-3)26-16(19)2/h6-9,11,14H,4-5,10,12-13,15H2,1-3H3,(H,24,30)(H,25,27,29). The van der Waals surface area contributed by atoms with Crippen molar-refractivity contribution in [1.82, 2.24) is 20.2 Å². The number of aromatic nitrogens is 2. The number of hydrogen-bond donors (Lipinski definition) is 2. The molecular formula is C23H29N5O2. The summed E-state index contributed by atoms with van der Waals surface area (Å²) in [5.74, 6) is 0.437. The first kappa shape index (κ1) is 21.6. The molecule has 2 N–H and O–H groups in total. The molecule has 0 saturated carbocycles. The van der Waals surface area contributed by atoms with Gasteiger partial charge in [-0.1, -0.05) is 19.1 Å². The van der Waals surface area contributed by atoms with E-state index in [-0.39, 0.29) is 11.8 Å². The number of anilines is 1. The third-order valence-electron chi connectivity index (χ3n) is 5.16. The van der Waals surface area contributed by atoms with Crippen LogP contribution in [0.2, 0.25) is 0 Å². The number of nitrogens with one attached hydrogen (secondary N) is 2. The lowest BCUT2D eigenvalue weighted by Crippen LogP contribution is -2.28. The summed E-state index contributed by atoms with van der Waals surface area (Å²) in [7, 11) is 1.61. The quantitative estimate of drug-likeness (QED) is 0.736. The van der Waals surface area contributed by atoms with E-state index < -0.39 is 0 Å². The average molecular weight is 408 g/mol. The topological polar surface area (TPSA) is 87.2 Å². The van der Waals surface area contributed by atoms with Gasteiger partial charge < -0.3 is 10.6 Å². The van der Waals surface area contributed by atoms with E-state index in [0.717, 1.165) is 49.3 Å². The van der Waals surface area contributed by atoms with Crippen LogP contribution in [0.1, 0.15) is 53.5 Å². The molecule has 0 bridgehead atoms. The first-order valence-electron chi connectivity index (χ1n) is 10.4. The van der Waals surface area contributed by atoms with Crippen LogP contribution in [0.25, 0.3) is 5.57 Å². The van der Waals surface area contributed by atoms with E-state index in [1.807, 2.05) is 32.0 Å². The first-order valence-corrected chi connectivity index (χ1v) is 10.4. The average Bonchev–Trinajstić information content (AvgIpc) is 2.74. The van der Waals surface area contributed by atoms with Crippen LogP contribution in [0.4, 0.5) is 5.82 Å². The van der Waals surface area contributed by atoms with E-state index in [0.29, 0.717) is 17.9 Å². The van der Waals surface area contributed by atoms with Crippen LogP contribution in [-0.2, 0) is 11.3 Å². The largest absolute Gasteiger partial charge is 0.354 e. The van der Waals surface area contributed by atoms with Gasteiger partial charge in [0.1, 0.15) is 11.5 Å². The Hall–Kier alpha value is -3.06. The van der Waals surface area contributed by atoms with Gasteiger partial charge in [-0.25, -0.2) is 9.97 Å². The minimum absolute atomic E-state index is 0.000821. The molecular weight excluding hydrogens is 378 g/mol. The Bertz CT molecular complexity index is 954. The monoisotopic (exact) mass is 407 g/mol. The van der Waals surface area contributed by atoms with Crippen molar-refractivity contribution in [3.05, 3.63) is 59.1 Å². The van der Waals surface area contributed by atoms with Gasteiger partial charge in [0.15, 0.2) is 0 Å². The van der Waals surface area contributed by atoms with Crippen LogP contribution < -0.4 is 10.6 Å². The molecule has 0 radical (unpaired) electrons. The molecule has 2 aromatic heterocycles. The van der Waals surface area contributed by atoms with Crippen LogP contribution in [0, 0.1) is 6.92 Å². The van der Waals surface area contributed by atoms with Gasteiger partial charge in [0.2, 0.25) is 5.91 Å². The van der Waals surface area contributed by atoms with Gasteiger partial charge in [-0.3, -0.25) is 14.5 Å². The molecule has 30 heavy (non-hydrogen) atoms. The zero-order valence-corrected chi connectivity index (χ0v) is 17.9. The van der Waals surface area contributed by atoms with Crippen LogP contribution >= 0.6 is 0 Å². The van der Waals surface area contributed by atoms with Crippen molar-refractivity contribution in [1.29, 1.82) is 0 Å². The number of carbonyl (C=O) groups is 2. The third kappa shape index (κ3) is 5.51. The zero-order chi connectivity index (χ0) is 21.5. The highest BCUT2D eigenvalue weighted by molar-refractivity contribution is 5.92. The molecule has 0 spiro atoms. The summed E-state index contributed by atoms with van der Waals surface area (Å²) < 4.78 is 0. The molecule has 158 valence electrons. The van der Waals surface area contributed by atoms with Crippen LogP contribution in [0.5, 0.6) is 0 Å². The van der Waals surface area contributed by atoms with Crippen LogP contribution in [0.3, 0.4) is 0 Å². The normalized spacial score (nSPS) is 14.2. The summed E-state index contributed by atoms with van der Waals surface area (Å²) in [6, 6.07) is 7.70. The maximum Gasteiger partial charge on any atom is 0.269 e. The lowest BCUT2D eigenvalue weighted by Gasteiger charge is -2.27. The highest BCUT2D eigenvalue weighted by Crippen LogP contribution is 2.25. The molecule has 1 aliphatic rings. The number of aryl methyl sites for hydroxylation is 1. The van der Waals surface area contributed by atoms with Crippen molar-refractivity contribution in [3.63, 3.8) is 0 Å². The molecule has 2 amide bonds. The smallest absolute Gasteiger partial charge is 0.269 e. The Morgan fingerprint density at radius 1 is 1.23 bits per heavy atom. The second-order valence-corrected chi connectivity index (χ2v) is 7.47. The van der Waals surface area contributed by atoms with Crippen molar-refractivity contribution in [2.24, 2.45) is 0 Å². The molecule has 3 heterocycles. The maximum atomic E-state index is 11.8. The van der Waals surface area contributed by atoms with Gasteiger partial charge in [-0.05, 0) is 54.7 Å². The fourth-order valence-corrected chi connectivity index (χ4v) is 3.59. The number of pyridine rings is 2. The van der Waals surface area contributed by atoms with Gasteiger partial charge in [0.05, 0.1) is 0 Å². The van der Waals surface area contributed by atoms with Gasteiger partial charge in [0.25, 0.3) is 5.91 Å². The highest BCUT2D eigenvalue weighted by Gasteiger charge is 2.16. The van der Waals surface area contributed by atoms with Gasteiger partial charge >= 0.3 is 0 Å². The lowest BCUT2D eigenvalue weighted by atomic mass is 9.97. The molecule has 7 nitrogen and oxygen atoms in total. The van der Waals surface area contributed by atoms with E-state index in [1.54, 1.807) is 19.3 Å². The third-order valence-corrected chi connectivity index (χ3v) is 5.16. The van der Waals surface area contributed by atoms with Crippen LogP contribution in [0.15, 0.2) is 36.5 Å². The molecule has 1 aliphatic heterocycles. The van der Waals surface area contributed by atoms with E-state index in [2.05, 4.69) is 31.6 Å². The minimum Gasteiger partial charge on any atom is -0.354 e. The number of carbonyl (C=O) groups excluding carboxylic acids is 2. The van der Waals surface area contributed by atoms with Crippen molar-refractivity contribution >= 4 is 23.2 Å². The Morgan fingerprint density at radius 2 is 2.07 bits per heavy atom. The predicted molar refractivity (Wildman–Crippen MR) is 118 cm³/mol. The van der Waals surface area contributed by atoms with Crippen LogP contribution in [-0.4, -0.2) is 46.8 Å². The second-order valence-electron chi connectivity index (χ2n) is 7.47. The van der Waals surface area contributed by atoms with Gasteiger partial charge in [-0.2, -0.15) is 0 Å². The molecule has 0 aromatic carbocycles. The number of nitrogens with zero attached hydrogens (tertiary/aromatic N) is 3. The van der Waals surface area contributed by atoms with E-state index in [9.17, 15) is 9.59 Å². The second kappa shape index (κ2) is 10.1. The van der Waals surface area contributed by atoms with Gasteiger partial charge in [-0.15, -0.1) is 0 Å². The fourth-order valence-electron chi connectivity index (χ4n) is 3.59. The fraction of sp³-hybridized carbons (Fsp3) is 0.391. The van der Waals surface area contributed by atoms with Crippen molar-refractivity contribution < 1.29 is 9.59 Å². The Balaban J connectivity index is 1.63. The number of hydrogen-bond acceptors (Lipinski definition) is 5. The summed E-state index contributed by atoms with van der Waals surface area (Å²) in [5, 5.41) is 5.46. The van der Waals surface area contributed by atoms with E-state index in [4.69, 9.17) is 0 Å². The molecule has 0 unspecified atom stereocenters. The first-order chi connectivity index (χ1) is 14.5. The van der Waals surface area contributed by atoms with Gasteiger partial charge in [0, 0.05) is 45.0 Å². The Kier molecular flexibility index (Phi) is 7.30. The van der Waals surface area contributed by atoms with Crippen molar-refractivity contribution in [2.75, 3.05) is 25.5 Å². The molecule has 3 rings (SSSR count). The summed E-state index contributed by atoms with van der Waals surface area (Å²) >= 11 is 0. The molecule has 0 saturated heterocycles. The minimum atomic E-state index is -0.170.